The molecule has 1 heterocycles. The van der Waals surface area contributed by atoms with E-state index in [0.29, 0.717) is 10.8 Å². The number of rotatable bonds is 6. The molecule has 2 rings (SSSR count). The number of carbonyl (C=O) groups excluding carboxylic acids is 3. The Morgan fingerprint density at radius 2 is 1.73 bits per heavy atom. The fourth-order valence-electron chi connectivity index (χ4n) is 2.59. The number of aryl methyl sites for hydroxylation is 3. The van der Waals surface area contributed by atoms with Crippen molar-refractivity contribution in [3.8, 4) is 5.75 Å². The van der Waals surface area contributed by atoms with Crippen molar-refractivity contribution in [3.63, 3.8) is 0 Å². The summed E-state index contributed by atoms with van der Waals surface area (Å²) in [6.45, 7) is 6.12. The Labute approximate surface area is 155 Å². The van der Waals surface area contributed by atoms with Crippen LogP contribution in [0.3, 0.4) is 0 Å². The average Bonchev–Trinajstić information content (AvgIpc) is 2.86. The summed E-state index contributed by atoms with van der Waals surface area (Å²) in [6, 6.07) is 3.42. The van der Waals surface area contributed by atoms with Crippen LogP contribution in [0.15, 0.2) is 16.5 Å². The molecule has 1 aromatic carbocycles. The second-order valence-corrected chi connectivity index (χ2v) is 6.24. The molecular weight excluding hydrogens is 360 g/mol. The number of ether oxygens (including phenoxy) is 1. The standard InChI is InChI=1S/C18H19ClN2O5/c1-8-5-12(6-9(2)16(8)19)25-7-13(23)21-18-15(17(20)24)14(10(3)22)11(4)26-18/h5-6H,7H2,1-4H3,(H2,20,24)(H,21,23). The van der Waals surface area contributed by atoms with E-state index < -0.39 is 11.8 Å². The first-order chi connectivity index (χ1) is 12.1. The number of primary amides is 1. The van der Waals surface area contributed by atoms with E-state index in [2.05, 4.69) is 5.32 Å². The quantitative estimate of drug-likeness (QED) is 0.750. The minimum atomic E-state index is -0.868. The van der Waals surface area contributed by atoms with Gasteiger partial charge in [-0.15, -0.1) is 0 Å². The zero-order valence-electron chi connectivity index (χ0n) is 14.9. The summed E-state index contributed by atoms with van der Waals surface area (Å²) in [4.78, 5) is 35.4. The number of halogens is 1. The second kappa shape index (κ2) is 7.61. The first-order valence-corrected chi connectivity index (χ1v) is 8.13. The molecule has 0 unspecified atom stereocenters. The fraction of sp³-hybridized carbons (Fsp3) is 0.278. The van der Waals surface area contributed by atoms with Gasteiger partial charge in [-0.1, -0.05) is 11.6 Å². The van der Waals surface area contributed by atoms with Crippen LogP contribution in [0.5, 0.6) is 5.75 Å². The third kappa shape index (κ3) is 4.05. The molecule has 2 amide bonds. The summed E-state index contributed by atoms with van der Waals surface area (Å²) in [7, 11) is 0. The van der Waals surface area contributed by atoms with Crippen molar-refractivity contribution in [1.82, 2.24) is 0 Å². The van der Waals surface area contributed by atoms with Crippen molar-refractivity contribution >= 4 is 35.1 Å². The van der Waals surface area contributed by atoms with Crippen LogP contribution in [-0.2, 0) is 4.79 Å². The summed E-state index contributed by atoms with van der Waals surface area (Å²) in [5, 5.41) is 3.04. The van der Waals surface area contributed by atoms with E-state index in [1.54, 1.807) is 12.1 Å². The SMILES string of the molecule is CC(=O)c1c(C)oc(NC(=O)COc2cc(C)c(Cl)c(C)c2)c1C(N)=O. The molecule has 138 valence electrons. The van der Waals surface area contributed by atoms with Crippen molar-refractivity contribution in [3.05, 3.63) is 45.2 Å². The lowest BCUT2D eigenvalue weighted by atomic mass is 10.1. The number of hydrogen-bond donors (Lipinski definition) is 2. The van der Waals surface area contributed by atoms with E-state index in [-0.39, 0.29) is 35.2 Å². The molecule has 2 aromatic rings. The molecule has 0 aliphatic carbocycles. The van der Waals surface area contributed by atoms with Gasteiger partial charge in [-0.25, -0.2) is 0 Å². The molecule has 0 aliphatic rings. The van der Waals surface area contributed by atoms with Crippen LogP contribution in [-0.4, -0.2) is 24.2 Å². The molecule has 0 fully saturated rings. The molecule has 0 radical (unpaired) electrons. The lowest BCUT2D eigenvalue weighted by Crippen LogP contribution is -2.23. The van der Waals surface area contributed by atoms with Crippen LogP contribution in [0.2, 0.25) is 5.02 Å². The lowest BCUT2D eigenvalue weighted by molar-refractivity contribution is -0.118. The van der Waals surface area contributed by atoms with Crippen molar-refractivity contribution in [1.29, 1.82) is 0 Å². The Kier molecular flexibility index (Phi) is 5.72. The number of amides is 2. The predicted octanol–water partition coefficient (Wildman–Crippen LogP) is 3.18. The van der Waals surface area contributed by atoms with Gasteiger partial charge in [-0.05, 0) is 51.0 Å². The summed E-state index contributed by atoms with van der Waals surface area (Å²) < 4.78 is 10.8. The fourth-order valence-corrected chi connectivity index (χ4v) is 2.70. The van der Waals surface area contributed by atoms with E-state index in [1.165, 1.54) is 13.8 Å². The Balaban J connectivity index is 2.15. The Morgan fingerprint density at radius 1 is 1.15 bits per heavy atom. The summed E-state index contributed by atoms with van der Waals surface area (Å²) in [5.74, 6) is -1.31. The Bertz CT molecular complexity index is 878. The van der Waals surface area contributed by atoms with Gasteiger partial charge in [0, 0.05) is 5.02 Å². The van der Waals surface area contributed by atoms with Crippen molar-refractivity contribution in [2.75, 3.05) is 11.9 Å². The van der Waals surface area contributed by atoms with Crippen LogP contribution in [0, 0.1) is 20.8 Å². The highest BCUT2D eigenvalue weighted by Crippen LogP contribution is 2.28. The van der Waals surface area contributed by atoms with Gasteiger partial charge < -0.3 is 14.9 Å². The second-order valence-electron chi connectivity index (χ2n) is 5.87. The number of hydrogen-bond acceptors (Lipinski definition) is 5. The zero-order chi connectivity index (χ0) is 19.6. The normalized spacial score (nSPS) is 10.5. The van der Waals surface area contributed by atoms with Gasteiger partial charge in [-0.2, -0.15) is 0 Å². The highest BCUT2D eigenvalue weighted by atomic mass is 35.5. The molecule has 0 atom stereocenters. The monoisotopic (exact) mass is 378 g/mol. The Hall–Kier alpha value is -2.80. The topological polar surface area (TPSA) is 112 Å². The predicted molar refractivity (Wildman–Crippen MR) is 97.0 cm³/mol. The van der Waals surface area contributed by atoms with Crippen LogP contribution in [0.4, 0.5) is 5.88 Å². The molecule has 0 spiro atoms. The van der Waals surface area contributed by atoms with Gasteiger partial charge in [0.1, 0.15) is 17.1 Å². The zero-order valence-corrected chi connectivity index (χ0v) is 15.6. The van der Waals surface area contributed by atoms with Crippen molar-refractivity contribution in [2.45, 2.75) is 27.7 Å². The highest BCUT2D eigenvalue weighted by Gasteiger charge is 2.26. The molecule has 0 bridgehead atoms. The maximum atomic E-state index is 12.1. The number of benzene rings is 1. The van der Waals surface area contributed by atoms with Crippen LogP contribution in [0.1, 0.15) is 44.5 Å². The lowest BCUT2D eigenvalue weighted by Gasteiger charge is -2.10. The number of nitrogens with two attached hydrogens (primary N) is 1. The first kappa shape index (κ1) is 19.5. The van der Waals surface area contributed by atoms with E-state index >= 15 is 0 Å². The van der Waals surface area contributed by atoms with Crippen LogP contribution < -0.4 is 15.8 Å². The van der Waals surface area contributed by atoms with E-state index in [0.717, 1.165) is 11.1 Å². The molecule has 0 saturated carbocycles. The van der Waals surface area contributed by atoms with E-state index in [1.807, 2.05) is 13.8 Å². The van der Waals surface area contributed by atoms with Crippen LogP contribution in [0.25, 0.3) is 0 Å². The minimum absolute atomic E-state index is 0.0534. The summed E-state index contributed by atoms with van der Waals surface area (Å²) in [6.07, 6.45) is 0. The molecule has 7 nitrogen and oxygen atoms in total. The number of nitrogens with one attached hydrogen (secondary N) is 1. The molecular formula is C18H19ClN2O5. The summed E-state index contributed by atoms with van der Waals surface area (Å²) >= 11 is 6.09. The smallest absolute Gasteiger partial charge is 0.264 e. The van der Waals surface area contributed by atoms with Gasteiger partial charge in [0.25, 0.3) is 11.8 Å². The highest BCUT2D eigenvalue weighted by molar-refractivity contribution is 6.32. The van der Waals surface area contributed by atoms with E-state index in [4.69, 9.17) is 26.5 Å². The van der Waals surface area contributed by atoms with Gasteiger partial charge in [0.05, 0.1) is 5.56 Å². The maximum absolute atomic E-state index is 12.1. The average molecular weight is 379 g/mol. The first-order valence-electron chi connectivity index (χ1n) is 7.75. The Morgan fingerprint density at radius 3 is 2.23 bits per heavy atom. The van der Waals surface area contributed by atoms with Gasteiger partial charge in [0.2, 0.25) is 5.88 Å². The number of Topliss-reactive ketones (excluding diaryl/α,β-unsaturated/α-hetero) is 1. The van der Waals surface area contributed by atoms with Crippen LogP contribution >= 0.6 is 11.6 Å². The van der Waals surface area contributed by atoms with Gasteiger partial charge in [-0.3, -0.25) is 19.7 Å². The van der Waals surface area contributed by atoms with Gasteiger partial charge in [0.15, 0.2) is 12.4 Å². The van der Waals surface area contributed by atoms with Crippen molar-refractivity contribution in [2.24, 2.45) is 5.73 Å². The molecule has 26 heavy (non-hydrogen) atoms. The number of carbonyl (C=O) groups is 3. The molecule has 1 aromatic heterocycles. The third-order valence-electron chi connectivity index (χ3n) is 3.72. The molecule has 3 N–H and O–H groups in total. The molecule has 0 saturated heterocycles. The number of anilines is 1. The maximum Gasteiger partial charge on any atom is 0.264 e. The van der Waals surface area contributed by atoms with Crippen molar-refractivity contribution < 1.29 is 23.5 Å². The molecule has 0 aliphatic heterocycles. The van der Waals surface area contributed by atoms with Gasteiger partial charge >= 0.3 is 0 Å². The largest absolute Gasteiger partial charge is 0.484 e. The third-order valence-corrected chi connectivity index (χ3v) is 4.31. The summed E-state index contributed by atoms with van der Waals surface area (Å²) in [5.41, 5.74) is 6.86. The minimum Gasteiger partial charge on any atom is -0.484 e. The number of furan rings is 1. The van der Waals surface area contributed by atoms with E-state index in [9.17, 15) is 14.4 Å². The number of ketones is 1. The molecule has 8 heteroatoms.